The highest BCUT2D eigenvalue weighted by atomic mass is 79.9. The second kappa shape index (κ2) is 47.9. The molecule has 0 spiro atoms. The number of fused-ring (bicyclic) bond motifs is 4. The fourth-order valence-corrected chi connectivity index (χ4v) is 24.9. The van der Waals surface area contributed by atoms with Crippen LogP contribution in [0.1, 0.15) is 102 Å². The number of piperidine rings is 1. The molecule has 5 aliphatic heterocycles. The maximum atomic E-state index is 13.3. The first-order valence-electron chi connectivity index (χ1n) is 44.1. The van der Waals surface area contributed by atoms with Crippen LogP contribution in [0.3, 0.4) is 0 Å². The molecule has 0 radical (unpaired) electrons. The number of aromatic nitrogens is 12. The molecule has 2 N–H and O–H groups in total. The first-order valence-corrected chi connectivity index (χ1v) is 57.5. The van der Waals surface area contributed by atoms with Crippen LogP contribution in [-0.4, -0.2) is 270 Å². The molecule has 148 heavy (non-hydrogen) atoms. The number of anilines is 2. The molecule has 0 atom stereocenters. The molecule has 5 saturated heterocycles. The van der Waals surface area contributed by atoms with Gasteiger partial charge in [-0.15, -0.1) is 45.3 Å². The van der Waals surface area contributed by atoms with Gasteiger partial charge in [0.05, 0.1) is 163 Å². The second-order valence-corrected chi connectivity index (χ2v) is 51.2. The Hall–Kier alpha value is -7.43. The van der Waals surface area contributed by atoms with E-state index in [0.717, 1.165) is 111 Å². The molecule has 5 aliphatic rings. The molecule has 12 aromatic heterocycles. The lowest BCUT2D eigenvalue weighted by Gasteiger charge is -2.37. The third-order valence-electron chi connectivity index (χ3n) is 23.7. The summed E-state index contributed by atoms with van der Waals surface area (Å²) in [6.45, 7) is 29.2. The summed E-state index contributed by atoms with van der Waals surface area (Å²) in [6, 6.07) is 5.17. The zero-order chi connectivity index (χ0) is 109. The van der Waals surface area contributed by atoms with Crippen molar-refractivity contribution in [3.8, 4) is 57.3 Å². The van der Waals surface area contributed by atoms with Gasteiger partial charge >= 0.3 is 29.2 Å². The summed E-state index contributed by atoms with van der Waals surface area (Å²) in [6.07, 6.45) is 7.24. The van der Waals surface area contributed by atoms with Gasteiger partial charge in [0, 0.05) is 140 Å². The van der Waals surface area contributed by atoms with E-state index >= 15 is 0 Å². The summed E-state index contributed by atoms with van der Waals surface area (Å²) in [5.41, 5.74) is -18.1. The molecule has 17 heterocycles. The number of pyridine rings is 4. The van der Waals surface area contributed by atoms with E-state index in [4.69, 9.17) is 87.2 Å². The molecular weight excluding hydrogens is 2400 g/mol. The lowest BCUT2D eigenvalue weighted by Crippen LogP contribution is -2.41. The Balaban J connectivity index is 0.000000167. The van der Waals surface area contributed by atoms with Crippen LogP contribution in [0.2, 0.25) is 15.7 Å². The van der Waals surface area contributed by atoms with Crippen LogP contribution < -0.4 is 39.5 Å². The lowest BCUT2D eigenvalue weighted by atomic mass is 9.80. The van der Waals surface area contributed by atoms with Gasteiger partial charge < -0.3 is 62.7 Å². The van der Waals surface area contributed by atoms with Crippen LogP contribution in [0.25, 0.3) is 74.6 Å². The highest BCUT2D eigenvalue weighted by Crippen LogP contribution is 2.48. The number of aliphatic hydroxyl groups is 1. The molecule has 808 valence electrons. The van der Waals surface area contributed by atoms with Crippen molar-refractivity contribution in [3.63, 3.8) is 0 Å². The molecule has 0 aliphatic carbocycles. The van der Waals surface area contributed by atoms with Gasteiger partial charge in [-0.05, 0) is 190 Å². The van der Waals surface area contributed by atoms with E-state index < -0.39 is 108 Å². The Morgan fingerprint density at radius 2 is 0.764 bits per heavy atom. The zero-order valence-corrected chi connectivity index (χ0v) is 94.3. The van der Waals surface area contributed by atoms with E-state index in [-0.39, 0.29) is 67.8 Å². The second-order valence-electron chi connectivity index (χ2n) is 34.9. The summed E-state index contributed by atoms with van der Waals surface area (Å²) in [5.74, 6) is -4.88. The lowest BCUT2D eigenvalue weighted by molar-refractivity contribution is -0.0443. The molecule has 0 bridgehead atoms. The first-order chi connectivity index (χ1) is 68.9. The predicted octanol–water partition coefficient (Wildman–Crippen LogP) is 18.8. The van der Waals surface area contributed by atoms with Gasteiger partial charge in [-0.25, -0.2) is 93.5 Å². The Bertz CT molecular complexity index is 7330. The van der Waals surface area contributed by atoms with Crippen LogP contribution in [0, 0.1) is 33.6 Å². The molecule has 0 saturated carbocycles. The monoisotopic (exact) mass is 2490 g/mol. The third kappa shape index (κ3) is 28.1. The molecule has 34 nitrogen and oxygen atoms in total. The van der Waals surface area contributed by atoms with Crippen molar-refractivity contribution >= 4 is 233 Å². The summed E-state index contributed by atoms with van der Waals surface area (Å²) in [4.78, 5) is 61.9. The maximum absolute atomic E-state index is 13.3. The quantitative estimate of drug-likeness (QED) is 0.0292. The van der Waals surface area contributed by atoms with Crippen molar-refractivity contribution in [3.05, 3.63) is 126 Å². The summed E-state index contributed by atoms with van der Waals surface area (Å²) in [7, 11) is -17.8. The number of alkyl halides is 12. The normalized spacial score (nSPS) is 16.3. The van der Waals surface area contributed by atoms with Gasteiger partial charge in [-0.3, -0.25) is 4.90 Å². The number of ether oxygens (including phenoxy) is 7. The molecule has 17 rings (SSSR count). The first kappa shape index (κ1) is 119. The number of methoxy groups -OCH3 is 4. The maximum Gasteiger partial charge on any atom is 0.497 e. The van der Waals surface area contributed by atoms with Crippen LogP contribution in [0.4, 0.5) is 64.6 Å². The molecule has 12 aromatic rings. The highest BCUT2D eigenvalue weighted by Gasteiger charge is 2.54. The summed E-state index contributed by atoms with van der Waals surface area (Å²) >= 11 is 33.8. The molecule has 0 amide bonds. The molecule has 5 fully saturated rings. The molecule has 0 aromatic carbocycles. The fourth-order valence-electron chi connectivity index (χ4n) is 15.1. The Morgan fingerprint density at radius 1 is 0.446 bits per heavy atom. The van der Waals surface area contributed by atoms with Crippen LogP contribution in [-0.2, 0) is 92.4 Å². The van der Waals surface area contributed by atoms with E-state index in [2.05, 4.69) is 108 Å². The molecular formula is C87H95BBr3Cl3F12N16O18S8. The smallest absolute Gasteiger partial charge is 0.481 e. The van der Waals surface area contributed by atoms with Gasteiger partial charge in [-0.1, -0.05) is 17.7 Å². The van der Waals surface area contributed by atoms with Gasteiger partial charge in [0.1, 0.15) is 16.6 Å². The van der Waals surface area contributed by atoms with Gasteiger partial charge in [0.2, 0.25) is 46.0 Å². The standard InChI is InChI=1S/C28H36F3N5O5S2.C19H18BrF3N4O4S2.C15H10BrClF3N3O3S2.C14H19BF3NO5S.C7H3BrCl2N2S.C4H9NO/c1-17-21(15-35-7-5-20(6-8-35)27(2,3)37)23-24(42-17)22(33-26(34-23)36-9-11-41-12-10-36)18-13-19(25(40-4)32-14-18)16-43(38,39)28(29,30)31;1-10-13(20)15-16(32-10)14(25-18(26-15)27-3-5-31-6-4-27)11-7-12(17(30-2)24-8-11)9-33(28,29)19(21,22)23;1-6-9(16)11-12(27-6)10(22-14(17)23-11)7-3-8(13(26-2)21-4-7)5-28(24,25)15(18,19)20;1-12(2)13(3,4)24-15(23-12)10-6-9(11(22-5)19-7-10)8-25(20,21)14(16,17)18;1-2-3(8)4-5(13-2)6(9)12-7(10)11-4;1-3-6-4-2-5-1/h13-14,20,37H,5-12,15-16H2,1-4H3;7-8H,3-6,9H2,1-2H3;3-4H,5H2,1-2H3;6-7H,8H2,1-5H3;1H3;5H,1-4H2. The predicted molar refractivity (Wildman–Crippen MR) is 551 cm³/mol. The number of hydrogen-bond acceptors (Lipinski definition) is 38. The molecule has 61 heteroatoms. The number of morpholine rings is 3. The number of nitrogens with zero attached hydrogens (tertiary/aromatic N) is 15. The average Bonchev–Trinajstić information content (AvgIpc) is 1.56. The number of likely N-dealkylation sites (tertiary alicyclic amines) is 1. The van der Waals surface area contributed by atoms with Crippen molar-refractivity contribution in [1.82, 2.24) is 70.0 Å². The summed E-state index contributed by atoms with van der Waals surface area (Å²) < 4.78 is 302. The minimum Gasteiger partial charge on any atom is -0.481 e. The van der Waals surface area contributed by atoms with Gasteiger partial charge in [0.15, 0.2) is 5.15 Å². The number of halogens is 18. The van der Waals surface area contributed by atoms with E-state index in [1.807, 2.05) is 79.0 Å². The minimum atomic E-state index is -5.48. The number of hydrogen-bond donors (Lipinski definition) is 2. The largest absolute Gasteiger partial charge is 0.497 e. The Labute approximate surface area is 898 Å². The topological polar surface area (TPSA) is 416 Å². The van der Waals surface area contributed by atoms with Gasteiger partial charge in [-0.2, -0.15) is 52.7 Å². The van der Waals surface area contributed by atoms with Crippen molar-refractivity contribution in [2.24, 2.45) is 5.92 Å². The fraction of sp³-hybridized carbons (Fsp3) is 0.494. The zero-order valence-electron chi connectivity index (χ0n) is 80.8. The molecule has 0 unspecified atom stereocenters. The van der Waals surface area contributed by atoms with Crippen molar-refractivity contribution < 1.29 is 134 Å². The van der Waals surface area contributed by atoms with Crippen LogP contribution >= 0.6 is 128 Å². The van der Waals surface area contributed by atoms with E-state index in [1.165, 1.54) is 112 Å². The van der Waals surface area contributed by atoms with Crippen molar-refractivity contribution in [2.45, 2.75) is 150 Å². The Morgan fingerprint density at radius 3 is 1.11 bits per heavy atom. The van der Waals surface area contributed by atoms with E-state index in [0.29, 0.717) is 130 Å². The van der Waals surface area contributed by atoms with Crippen LogP contribution in [0.5, 0.6) is 23.5 Å². The Kier molecular flexibility index (Phi) is 38.6. The van der Waals surface area contributed by atoms with Gasteiger partial charge in [0.25, 0.3) is 39.3 Å². The number of nitrogens with one attached hydrogen (secondary N) is 1. The SMILES string of the molecule is C1COCCN1.COc1ncc(-c2nc(Cl)nc3c(Br)c(C)sc23)cc1CS(=O)(=O)C(F)(F)F.COc1ncc(-c2nc(N3CCOCC3)nc3c(Br)c(C)sc23)cc1CS(=O)(=O)C(F)(F)F.COc1ncc(-c2nc(N3CCOCC3)nc3c(CN4CCC(C(C)(C)O)CC4)c(C)sc23)cc1CS(=O)(=O)C(F)(F)F.COc1ncc(B2OC(C)(C)C(C)(C)O2)cc1CS(=O)(=O)C(F)(F)F.Cc1sc2c(Cl)nc(Cl)nc2c1Br. The minimum absolute atomic E-state index is 0.0683. The third-order valence-corrected chi connectivity index (χ3v) is 38.1. The van der Waals surface area contributed by atoms with E-state index in [9.17, 15) is 91.5 Å². The number of thiophene rings is 4. The highest BCUT2D eigenvalue weighted by molar-refractivity contribution is 9.11. The number of sulfone groups is 4. The van der Waals surface area contributed by atoms with Crippen molar-refractivity contribution in [2.75, 3.05) is 130 Å². The van der Waals surface area contributed by atoms with Crippen LogP contribution in [0.15, 0.2) is 62.5 Å². The van der Waals surface area contributed by atoms with Crippen molar-refractivity contribution in [1.29, 1.82) is 0 Å². The van der Waals surface area contributed by atoms with E-state index in [1.54, 1.807) is 11.3 Å². The average molecular weight is 2490 g/mol. The number of rotatable bonds is 21. The summed E-state index contributed by atoms with van der Waals surface area (Å²) in [5, 5.41) is 14.1. The number of aryl methyl sites for hydroxylation is 4.